The molecule has 27 heavy (non-hydrogen) atoms. The SMILES string of the molecule is CCN(CCN(C)C)C(=O)[C@@H]1Cc2c(ncn2CC(C)C)C2(CCCC2)N1. The van der Waals surface area contributed by atoms with Gasteiger partial charge >= 0.3 is 0 Å². The van der Waals surface area contributed by atoms with Crippen molar-refractivity contribution >= 4 is 5.91 Å². The molecule has 3 rings (SSSR count). The van der Waals surface area contributed by atoms with Crippen LogP contribution in [0.1, 0.15) is 57.8 Å². The lowest BCUT2D eigenvalue weighted by molar-refractivity contribution is -0.134. The summed E-state index contributed by atoms with van der Waals surface area (Å²) in [6.07, 6.45) is 7.35. The van der Waals surface area contributed by atoms with E-state index in [0.29, 0.717) is 5.92 Å². The molecule has 0 saturated heterocycles. The maximum atomic E-state index is 13.4. The zero-order chi connectivity index (χ0) is 19.6. The number of hydrogen-bond acceptors (Lipinski definition) is 4. The second-order valence-electron chi connectivity index (χ2n) is 9.00. The first-order chi connectivity index (χ1) is 12.9. The average Bonchev–Trinajstić information content (AvgIpc) is 3.23. The molecule has 1 atom stereocenters. The smallest absolute Gasteiger partial charge is 0.240 e. The van der Waals surface area contributed by atoms with Gasteiger partial charge in [-0.15, -0.1) is 0 Å². The maximum absolute atomic E-state index is 13.4. The van der Waals surface area contributed by atoms with Crippen molar-refractivity contribution in [2.75, 3.05) is 33.7 Å². The molecule has 2 aliphatic rings. The van der Waals surface area contributed by atoms with E-state index in [1.165, 1.54) is 24.2 Å². The molecule has 0 aromatic carbocycles. The Morgan fingerprint density at radius 3 is 2.63 bits per heavy atom. The third kappa shape index (κ3) is 4.21. The summed E-state index contributed by atoms with van der Waals surface area (Å²) in [5.74, 6) is 0.813. The predicted molar refractivity (Wildman–Crippen MR) is 109 cm³/mol. The van der Waals surface area contributed by atoms with Gasteiger partial charge in [-0.05, 0) is 39.8 Å². The highest BCUT2D eigenvalue weighted by Gasteiger charge is 2.46. The van der Waals surface area contributed by atoms with E-state index in [2.05, 4.69) is 49.7 Å². The number of fused-ring (bicyclic) bond motifs is 2. The van der Waals surface area contributed by atoms with Crippen LogP contribution in [0.25, 0.3) is 0 Å². The number of imidazole rings is 1. The number of nitrogens with zero attached hydrogens (tertiary/aromatic N) is 4. The molecule has 6 heteroatoms. The summed E-state index contributed by atoms with van der Waals surface area (Å²) in [6, 6.07) is -0.139. The van der Waals surface area contributed by atoms with Crippen molar-refractivity contribution in [3.8, 4) is 0 Å². The zero-order valence-electron chi connectivity index (χ0n) is 17.8. The molecular weight excluding hydrogens is 338 g/mol. The number of nitrogens with one attached hydrogen (secondary N) is 1. The third-order valence-electron chi connectivity index (χ3n) is 6.08. The Bertz CT molecular complexity index is 645. The fraction of sp³-hybridized carbons (Fsp3) is 0.810. The summed E-state index contributed by atoms with van der Waals surface area (Å²) >= 11 is 0. The topological polar surface area (TPSA) is 53.4 Å². The van der Waals surface area contributed by atoms with E-state index in [9.17, 15) is 4.79 Å². The van der Waals surface area contributed by atoms with Crippen molar-refractivity contribution in [2.24, 2.45) is 5.92 Å². The molecular formula is C21H37N5O. The van der Waals surface area contributed by atoms with Crippen molar-refractivity contribution in [3.63, 3.8) is 0 Å². The summed E-state index contributed by atoms with van der Waals surface area (Å²) < 4.78 is 2.30. The first-order valence-electron chi connectivity index (χ1n) is 10.6. The number of aromatic nitrogens is 2. The van der Waals surface area contributed by atoms with Gasteiger partial charge in [0.2, 0.25) is 5.91 Å². The number of carbonyl (C=O) groups excluding carboxylic acids is 1. The number of likely N-dealkylation sites (N-methyl/N-ethyl adjacent to an activating group) is 2. The Labute approximate surface area is 164 Å². The molecule has 0 unspecified atom stereocenters. The van der Waals surface area contributed by atoms with Crippen molar-refractivity contribution < 1.29 is 4.79 Å². The first-order valence-corrected chi connectivity index (χ1v) is 10.6. The van der Waals surface area contributed by atoms with Gasteiger partial charge in [0.15, 0.2) is 0 Å². The molecule has 1 amide bonds. The standard InChI is InChI=1S/C21H37N5O/c1-6-25(12-11-24(4)5)20(27)17-13-18-19(21(23-17)9-7-8-10-21)22-15-26(18)14-16(2)3/h15-17,23H,6-14H2,1-5H3/t17-/m0/s1. The van der Waals surface area contributed by atoms with Gasteiger partial charge in [0.25, 0.3) is 0 Å². The number of rotatable bonds is 7. The summed E-state index contributed by atoms with van der Waals surface area (Å²) in [5, 5.41) is 3.77. The average molecular weight is 376 g/mol. The number of hydrogen-bond donors (Lipinski definition) is 1. The summed E-state index contributed by atoms with van der Waals surface area (Å²) in [7, 11) is 4.11. The maximum Gasteiger partial charge on any atom is 0.240 e. The van der Waals surface area contributed by atoms with E-state index in [4.69, 9.17) is 4.98 Å². The summed E-state index contributed by atoms with van der Waals surface area (Å²) in [5.41, 5.74) is 2.39. The van der Waals surface area contributed by atoms with E-state index in [0.717, 1.165) is 45.4 Å². The second-order valence-corrected chi connectivity index (χ2v) is 9.00. The summed E-state index contributed by atoms with van der Waals surface area (Å²) in [4.78, 5) is 22.3. The molecule has 0 bridgehead atoms. The van der Waals surface area contributed by atoms with Crippen molar-refractivity contribution in [1.29, 1.82) is 0 Å². The quantitative estimate of drug-likeness (QED) is 0.794. The molecule has 1 N–H and O–H groups in total. The van der Waals surface area contributed by atoms with Gasteiger partial charge in [0, 0.05) is 38.3 Å². The van der Waals surface area contributed by atoms with Gasteiger partial charge in [-0.3, -0.25) is 10.1 Å². The molecule has 1 fully saturated rings. The van der Waals surface area contributed by atoms with E-state index in [-0.39, 0.29) is 17.5 Å². The van der Waals surface area contributed by atoms with Crippen LogP contribution in [0.3, 0.4) is 0 Å². The minimum absolute atomic E-state index is 0.100. The minimum atomic E-state index is -0.139. The lowest BCUT2D eigenvalue weighted by atomic mass is 9.84. The highest BCUT2D eigenvalue weighted by molar-refractivity contribution is 5.82. The first kappa shape index (κ1) is 20.3. The Kier molecular flexibility index (Phi) is 6.26. The number of amides is 1. The van der Waals surface area contributed by atoms with Gasteiger partial charge in [-0.1, -0.05) is 26.7 Å². The van der Waals surface area contributed by atoms with Crippen LogP contribution < -0.4 is 5.32 Å². The van der Waals surface area contributed by atoms with Gasteiger partial charge in [0.05, 0.1) is 23.6 Å². The van der Waals surface area contributed by atoms with Gasteiger partial charge in [-0.25, -0.2) is 4.98 Å². The molecule has 1 aliphatic carbocycles. The van der Waals surface area contributed by atoms with Crippen molar-refractivity contribution in [2.45, 2.75) is 71.0 Å². The van der Waals surface area contributed by atoms with Crippen LogP contribution in [0.2, 0.25) is 0 Å². The van der Waals surface area contributed by atoms with E-state index >= 15 is 0 Å². The Morgan fingerprint density at radius 2 is 2.04 bits per heavy atom. The monoisotopic (exact) mass is 375 g/mol. The van der Waals surface area contributed by atoms with Gasteiger partial charge in [0.1, 0.15) is 0 Å². The zero-order valence-corrected chi connectivity index (χ0v) is 17.8. The van der Waals surface area contributed by atoms with Crippen LogP contribution in [0.5, 0.6) is 0 Å². The normalized spacial score (nSPS) is 21.2. The van der Waals surface area contributed by atoms with Crippen LogP contribution in [-0.4, -0.2) is 65.0 Å². The van der Waals surface area contributed by atoms with Crippen molar-refractivity contribution in [3.05, 3.63) is 17.7 Å². The third-order valence-corrected chi connectivity index (χ3v) is 6.08. The van der Waals surface area contributed by atoms with E-state index in [1.54, 1.807) is 0 Å². The van der Waals surface area contributed by atoms with Crippen LogP contribution in [0.4, 0.5) is 0 Å². The Morgan fingerprint density at radius 1 is 1.33 bits per heavy atom. The molecule has 152 valence electrons. The molecule has 1 aliphatic heterocycles. The molecule has 1 aromatic heterocycles. The largest absolute Gasteiger partial charge is 0.340 e. The van der Waals surface area contributed by atoms with Crippen molar-refractivity contribution in [1.82, 2.24) is 24.7 Å². The molecule has 1 aromatic rings. The van der Waals surface area contributed by atoms with Gasteiger partial charge < -0.3 is 14.4 Å². The van der Waals surface area contributed by atoms with Crippen LogP contribution in [-0.2, 0) is 23.3 Å². The second kappa shape index (κ2) is 8.31. The Hall–Kier alpha value is -1.40. The lowest BCUT2D eigenvalue weighted by Crippen LogP contribution is -2.58. The predicted octanol–water partition coefficient (Wildman–Crippen LogP) is 2.23. The fourth-order valence-corrected chi connectivity index (χ4v) is 4.69. The molecule has 0 radical (unpaired) electrons. The minimum Gasteiger partial charge on any atom is -0.340 e. The van der Waals surface area contributed by atoms with Crippen LogP contribution in [0.15, 0.2) is 6.33 Å². The summed E-state index contributed by atoms with van der Waals surface area (Å²) in [6.45, 7) is 9.96. The van der Waals surface area contributed by atoms with Gasteiger partial charge in [-0.2, -0.15) is 0 Å². The highest BCUT2D eigenvalue weighted by Crippen LogP contribution is 2.42. The number of carbonyl (C=O) groups is 1. The van der Waals surface area contributed by atoms with Crippen LogP contribution in [0, 0.1) is 5.92 Å². The lowest BCUT2D eigenvalue weighted by Gasteiger charge is -2.40. The molecule has 1 spiro atoms. The van der Waals surface area contributed by atoms with E-state index in [1.807, 2.05) is 11.2 Å². The molecule has 2 heterocycles. The molecule has 1 saturated carbocycles. The molecule has 6 nitrogen and oxygen atoms in total. The fourth-order valence-electron chi connectivity index (χ4n) is 4.69. The van der Waals surface area contributed by atoms with Crippen LogP contribution >= 0.6 is 0 Å². The van der Waals surface area contributed by atoms with E-state index < -0.39 is 0 Å². The highest BCUT2D eigenvalue weighted by atomic mass is 16.2. The Balaban J connectivity index is 1.86.